The van der Waals surface area contributed by atoms with Crippen molar-refractivity contribution in [1.29, 1.82) is 0 Å². The number of rotatable bonds is 4. The van der Waals surface area contributed by atoms with Crippen LogP contribution in [0.5, 0.6) is 0 Å². The van der Waals surface area contributed by atoms with Crippen LogP contribution in [-0.2, 0) is 23.2 Å². The molecule has 1 aromatic carbocycles. The minimum atomic E-state index is -5.20. The van der Waals surface area contributed by atoms with Gasteiger partial charge in [0.15, 0.2) is 0 Å². The Morgan fingerprint density at radius 2 is 1.85 bits per heavy atom. The van der Waals surface area contributed by atoms with Gasteiger partial charge in [0.05, 0.1) is 16.3 Å². The van der Waals surface area contributed by atoms with Crippen molar-refractivity contribution >= 4 is 38.9 Å². The van der Waals surface area contributed by atoms with Gasteiger partial charge in [-0.05, 0) is 12.1 Å². The number of H-pyrrole nitrogens is 1. The van der Waals surface area contributed by atoms with E-state index < -0.39 is 66.0 Å². The van der Waals surface area contributed by atoms with Crippen molar-refractivity contribution < 1.29 is 26.0 Å². The molecule has 2 aromatic rings. The first-order valence-electron chi connectivity index (χ1n) is 6.75. The molecule has 0 spiro atoms. The van der Waals surface area contributed by atoms with Gasteiger partial charge in [0.25, 0.3) is 5.56 Å². The topological polar surface area (TPSA) is 101 Å². The van der Waals surface area contributed by atoms with Crippen LogP contribution in [0.2, 0.25) is 5.02 Å². The SMILES string of the molecule is Cn1c(C(F)(F)F)c(-c2cc(NS(=O)(=O)CCl)c(Cl)cc2F)c(=O)[nH]c1=O. The predicted molar refractivity (Wildman–Crippen MR) is 91.0 cm³/mol. The van der Waals surface area contributed by atoms with Crippen LogP contribution in [0.3, 0.4) is 0 Å². The van der Waals surface area contributed by atoms with E-state index in [2.05, 4.69) is 0 Å². The minimum Gasteiger partial charge on any atom is -0.292 e. The second-order valence-electron chi connectivity index (χ2n) is 5.18. The largest absolute Gasteiger partial charge is 0.432 e. The summed E-state index contributed by atoms with van der Waals surface area (Å²) in [6, 6.07) is 1.12. The molecule has 7 nitrogen and oxygen atoms in total. The van der Waals surface area contributed by atoms with Gasteiger partial charge in [-0.2, -0.15) is 13.2 Å². The number of alkyl halides is 4. The summed E-state index contributed by atoms with van der Waals surface area (Å²) >= 11 is 10.9. The highest BCUT2D eigenvalue weighted by Gasteiger charge is 2.39. The van der Waals surface area contributed by atoms with Crippen molar-refractivity contribution in [3.05, 3.63) is 49.5 Å². The Morgan fingerprint density at radius 1 is 1.26 bits per heavy atom. The van der Waals surface area contributed by atoms with E-state index in [1.54, 1.807) is 4.98 Å². The van der Waals surface area contributed by atoms with Gasteiger partial charge in [-0.15, -0.1) is 11.6 Å². The van der Waals surface area contributed by atoms with Crippen LogP contribution in [0, 0.1) is 5.82 Å². The smallest absolute Gasteiger partial charge is 0.292 e. The zero-order chi connectivity index (χ0) is 20.7. The standard InChI is InChI=1S/C13H9Cl2F4N3O4S/c1-22-10(13(17,18)19)9(11(23)20-12(22)24)5-2-8(6(15)3-7(5)16)21-27(25,26)4-14/h2-3,21H,4H2,1H3,(H,20,23,24). The third-order valence-corrected chi connectivity index (χ3v) is 5.32. The summed E-state index contributed by atoms with van der Waals surface area (Å²) < 4.78 is 79.6. The van der Waals surface area contributed by atoms with E-state index in [0.29, 0.717) is 12.1 Å². The zero-order valence-electron chi connectivity index (χ0n) is 13.1. The molecule has 1 heterocycles. The first-order chi connectivity index (χ1) is 12.3. The number of sulfonamides is 1. The van der Waals surface area contributed by atoms with Crippen LogP contribution in [0.25, 0.3) is 11.1 Å². The Bertz CT molecular complexity index is 1130. The molecule has 0 saturated heterocycles. The first kappa shape index (κ1) is 21.3. The monoisotopic (exact) mass is 449 g/mol. The Kier molecular flexibility index (Phi) is 5.64. The van der Waals surface area contributed by atoms with Crippen LogP contribution in [0.15, 0.2) is 21.7 Å². The van der Waals surface area contributed by atoms with Crippen molar-refractivity contribution in [2.24, 2.45) is 7.05 Å². The van der Waals surface area contributed by atoms with Gasteiger partial charge in [-0.1, -0.05) is 11.6 Å². The second kappa shape index (κ2) is 7.17. The fourth-order valence-electron chi connectivity index (χ4n) is 2.22. The molecule has 2 N–H and O–H groups in total. The van der Waals surface area contributed by atoms with Crippen molar-refractivity contribution in [2.75, 3.05) is 9.93 Å². The van der Waals surface area contributed by atoms with Crippen LogP contribution in [0.4, 0.5) is 23.2 Å². The summed E-state index contributed by atoms with van der Waals surface area (Å²) in [5.74, 6) is -1.34. The summed E-state index contributed by atoms with van der Waals surface area (Å²) in [4.78, 5) is 25.2. The Balaban J connectivity index is 2.90. The minimum absolute atomic E-state index is 0.0907. The number of nitrogens with zero attached hydrogens (tertiary/aromatic N) is 1. The second-order valence-corrected chi connectivity index (χ2v) is 7.89. The fraction of sp³-hybridized carbons (Fsp3) is 0.231. The van der Waals surface area contributed by atoms with Gasteiger partial charge in [0, 0.05) is 12.6 Å². The van der Waals surface area contributed by atoms with Gasteiger partial charge >= 0.3 is 11.9 Å². The average Bonchev–Trinajstić information content (AvgIpc) is 2.52. The maximum Gasteiger partial charge on any atom is 0.432 e. The fourth-order valence-corrected chi connectivity index (χ4v) is 3.19. The van der Waals surface area contributed by atoms with Crippen LogP contribution in [-0.4, -0.2) is 23.2 Å². The molecular weight excluding hydrogens is 441 g/mol. The summed E-state index contributed by atoms with van der Waals surface area (Å²) in [6.45, 7) is 0. The molecule has 0 aliphatic carbocycles. The van der Waals surface area contributed by atoms with Gasteiger partial charge < -0.3 is 0 Å². The Labute approximate surface area is 158 Å². The highest BCUT2D eigenvalue weighted by molar-refractivity contribution is 7.93. The van der Waals surface area contributed by atoms with Crippen molar-refractivity contribution in [1.82, 2.24) is 9.55 Å². The van der Waals surface area contributed by atoms with Gasteiger partial charge in [-0.25, -0.2) is 17.6 Å². The molecule has 0 bridgehead atoms. The third-order valence-electron chi connectivity index (χ3n) is 3.33. The Hall–Kier alpha value is -2.05. The number of aromatic nitrogens is 2. The molecule has 14 heteroatoms. The normalized spacial score (nSPS) is 12.3. The van der Waals surface area contributed by atoms with E-state index in [1.165, 1.54) is 0 Å². The third kappa shape index (κ3) is 4.28. The molecule has 148 valence electrons. The summed E-state index contributed by atoms with van der Waals surface area (Å²) in [6.07, 6.45) is -5.20. The maximum absolute atomic E-state index is 14.3. The van der Waals surface area contributed by atoms with E-state index in [9.17, 15) is 35.6 Å². The molecule has 0 radical (unpaired) electrons. The highest BCUT2D eigenvalue weighted by atomic mass is 35.5. The van der Waals surface area contributed by atoms with Crippen molar-refractivity contribution in [3.63, 3.8) is 0 Å². The van der Waals surface area contributed by atoms with Crippen LogP contribution in [0.1, 0.15) is 5.69 Å². The molecule has 0 fully saturated rings. The average molecular weight is 450 g/mol. The number of aromatic amines is 1. The summed E-state index contributed by atoms with van der Waals surface area (Å²) in [7, 11) is -3.39. The lowest BCUT2D eigenvalue weighted by Gasteiger charge is -2.17. The molecule has 1 aromatic heterocycles. The lowest BCUT2D eigenvalue weighted by molar-refractivity contribution is -0.143. The van der Waals surface area contributed by atoms with Crippen LogP contribution >= 0.6 is 23.2 Å². The number of nitrogens with one attached hydrogen (secondary N) is 2. The highest BCUT2D eigenvalue weighted by Crippen LogP contribution is 2.37. The Morgan fingerprint density at radius 3 is 2.37 bits per heavy atom. The quantitative estimate of drug-likeness (QED) is 0.552. The zero-order valence-corrected chi connectivity index (χ0v) is 15.4. The molecule has 0 aliphatic rings. The van der Waals surface area contributed by atoms with E-state index in [1.807, 2.05) is 4.72 Å². The molecule has 27 heavy (non-hydrogen) atoms. The summed E-state index contributed by atoms with van der Waals surface area (Å²) in [5.41, 5.74) is -7.24. The number of hydrogen-bond acceptors (Lipinski definition) is 4. The molecular formula is C13H9Cl2F4N3O4S. The van der Waals surface area contributed by atoms with E-state index >= 15 is 0 Å². The number of anilines is 1. The van der Waals surface area contributed by atoms with Gasteiger partial charge in [0.2, 0.25) is 10.0 Å². The van der Waals surface area contributed by atoms with E-state index in [4.69, 9.17) is 23.2 Å². The first-order valence-corrected chi connectivity index (χ1v) is 9.31. The number of benzene rings is 1. The molecule has 2 rings (SSSR count). The van der Waals surface area contributed by atoms with Crippen molar-refractivity contribution in [3.8, 4) is 11.1 Å². The predicted octanol–water partition coefficient (Wildman–Crippen LogP) is 2.49. The van der Waals surface area contributed by atoms with Crippen molar-refractivity contribution in [2.45, 2.75) is 6.18 Å². The number of hydrogen-bond donors (Lipinski definition) is 2. The van der Waals surface area contributed by atoms with Gasteiger partial charge in [-0.3, -0.25) is 19.1 Å². The van der Waals surface area contributed by atoms with Crippen LogP contribution < -0.4 is 16.0 Å². The van der Waals surface area contributed by atoms with E-state index in [0.717, 1.165) is 7.05 Å². The van der Waals surface area contributed by atoms with Gasteiger partial charge in [0.1, 0.15) is 16.7 Å². The molecule has 0 unspecified atom stereocenters. The lowest BCUT2D eigenvalue weighted by Crippen LogP contribution is -2.35. The van der Waals surface area contributed by atoms with E-state index in [-0.39, 0.29) is 4.57 Å². The maximum atomic E-state index is 14.3. The molecule has 0 amide bonds. The molecule has 0 aliphatic heterocycles. The summed E-state index contributed by atoms with van der Waals surface area (Å²) in [5, 5.41) is -1.40. The molecule has 0 atom stereocenters. The molecule has 0 saturated carbocycles. The number of halogens is 6. The lowest BCUT2D eigenvalue weighted by atomic mass is 10.0.